The summed E-state index contributed by atoms with van der Waals surface area (Å²) in [6.45, 7) is 4.04. The van der Waals surface area contributed by atoms with Crippen LogP contribution < -0.4 is 4.74 Å². The van der Waals surface area contributed by atoms with Crippen LogP contribution in [0.1, 0.15) is 13.8 Å². The maximum Gasteiger partial charge on any atom is 0.119 e. The Morgan fingerprint density at radius 3 is 2.44 bits per heavy atom. The van der Waals surface area contributed by atoms with Crippen LogP contribution in [-0.2, 0) is 0 Å². The molecule has 1 aromatic carbocycles. The first kappa shape index (κ1) is 11.4. The number of benzene rings is 1. The Bertz CT molecular complexity index is 462. The van der Waals surface area contributed by atoms with Crippen molar-refractivity contribution in [1.82, 2.24) is 9.78 Å². The van der Waals surface area contributed by atoms with Gasteiger partial charge in [-0.1, -0.05) is 0 Å². The summed E-state index contributed by atoms with van der Waals surface area (Å²) in [6.07, 6.45) is 4.02. The van der Waals surface area contributed by atoms with Crippen molar-refractivity contribution in [3.8, 4) is 11.4 Å². The fraction of sp³-hybridized carbons (Fsp3) is 0.250. The summed E-state index contributed by atoms with van der Waals surface area (Å²) in [5.74, 6) is 0.889. The van der Waals surface area contributed by atoms with Gasteiger partial charge in [-0.05, 0) is 60.7 Å². The normalized spacial score (nSPS) is 10.8. The summed E-state index contributed by atoms with van der Waals surface area (Å²) in [7, 11) is 0. The standard InChI is InChI=1S/C12H13IN2O/c1-9(2)16-12-5-3-11(4-6-12)15-8-10(13)7-14-15/h3-9H,1-2H3. The molecule has 0 aliphatic rings. The van der Waals surface area contributed by atoms with E-state index in [0.29, 0.717) is 0 Å². The first-order valence-corrected chi connectivity index (χ1v) is 6.20. The van der Waals surface area contributed by atoms with Gasteiger partial charge in [-0.15, -0.1) is 0 Å². The summed E-state index contributed by atoms with van der Waals surface area (Å²) in [5.41, 5.74) is 1.04. The van der Waals surface area contributed by atoms with Crippen LogP contribution in [0.25, 0.3) is 5.69 Å². The minimum Gasteiger partial charge on any atom is -0.491 e. The second-order valence-corrected chi connectivity index (χ2v) is 5.01. The molecule has 0 saturated heterocycles. The monoisotopic (exact) mass is 328 g/mol. The molecule has 0 saturated carbocycles. The van der Waals surface area contributed by atoms with Gasteiger partial charge in [0.25, 0.3) is 0 Å². The molecule has 4 heteroatoms. The summed E-state index contributed by atoms with van der Waals surface area (Å²) in [6, 6.07) is 7.93. The molecule has 1 aromatic heterocycles. The SMILES string of the molecule is CC(C)Oc1ccc(-n2cc(I)cn2)cc1. The zero-order chi connectivity index (χ0) is 11.5. The van der Waals surface area contributed by atoms with Gasteiger partial charge in [-0.3, -0.25) is 0 Å². The Morgan fingerprint density at radius 1 is 1.25 bits per heavy atom. The summed E-state index contributed by atoms with van der Waals surface area (Å²) < 4.78 is 8.55. The van der Waals surface area contributed by atoms with E-state index in [4.69, 9.17) is 4.74 Å². The third-order valence-electron chi connectivity index (χ3n) is 2.02. The lowest BCUT2D eigenvalue weighted by molar-refractivity contribution is 0.242. The zero-order valence-electron chi connectivity index (χ0n) is 9.22. The smallest absolute Gasteiger partial charge is 0.119 e. The molecule has 16 heavy (non-hydrogen) atoms. The molecule has 1 heterocycles. The van der Waals surface area contributed by atoms with Crippen molar-refractivity contribution in [2.24, 2.45) is 0 Å². The van der Waals surface area contributed by atoms with Crippen LogP contribution in [0.2, 0.25) is 0 Å². The first-order chi connectivity index (χ1) is 7.65. The number of nitrogens with zero attached hydrogens (tertiary/aromatic N) is 2. The highest BCUT2D eigenvalue weighted by molar-refractivity contribution is 14.1. The summed E-state index contributed by atoms with van der Waals surface area (Å²) in [4.78, 5) is 0. The Morgan fingerprint density at radius 2 is 1.94 bits per heavy atom. The summed E-state index contributed by atoms with van der Waals surface area (Å²) in [5, 5.41) is 4.24. The molecule has 3 nitrogen and oxygen atoms in total. The molecule has 0 fully saturated rings. The van der Waals surface area contributed by atoms with E-state index in [2.05, 4.69) is 27.7 Å². The van der Waals surface area contributed by atoms with Crippen molar-refractivity contribution in [2.75, 3.05) is 0 Å². The molecule has 84 valence electrons. The quantitative estimate of drug-likeness (QED) is 0.809. The third kappa shape index (κ3) is 2.75. The van der Waals surface area contributed by atoms with Crippen molar-refractivity contribution < 1.29 is 4.74 Å². The van der Waals surface area contributed by atoms with Gasteiger partial charge in [0.1, 0.15) is 5.75 Å². The van der Waals surface area contributed by atoms with Gasteiger partial charge in [0.05, 0.1) is 21.6 Å². The topological polar surface area (TPSA) is 27.1 Å². The van der Waals surface area contributed by atoms with Gasteiger partial charge in [0, 0.05) is 6.20 Å². The average Bonchev–Trinajstić information content (AvgIpc) is 2.65. The van der Waals surface area contributed by atoms with E-state index in [-0.39, 0.29) is 6.10 Å². The molecule has 0 spiro atoms. The molecule has 0 atom stereocenters. The lowest BCUT2D eigenvalue weighted by Gasteiger charge is -2.09. The largest absolute Gasteiger partial charge is 0.491 e. The lowest BCUT2D eigenvalue weighted by atomic mass is 10.3. The van der Waals surface area contributed by atoms with Crippen LogP contribution in [0, 0.1) is 3.57 Å². The molecule has 0 N–H and O–H groups in total. The fourth-order valence-corrected chi connectivity index (χ4v) is 1.78. The zero-order valence-corrected chi connectivity index (χ0v) is 11.4. The highest BCUT2D eigenvalue weighted by Gasteiger charge is 2.00. The van der Waals surface area contributed by atoms with E-state index in [1.54, 1.807) is 0 Å². The van der Waals surface area contributed by atoms with Gasteiger partial charge in [0.15, 0.2) is 0 Å². The van der Waals surface area contributed by atoms with Crippen LogP contribution in [0.5, 0.6) is 5.75 Å². The van der Waals surface area contributed by atoms with Crippen LogP contribution >= 0.6 is 22.6 Å². The third-order valence-corrected chi connectivity index (χ3v) is 2.58. The second kappa shape index (κ2) is 4.86. The van der Waals surface area contributed by atoms with E-state index < -0.39 is 0 Å². The highest BCUT2D eigenvalue weighted by atomic mass is 127. The Balaban J connectivity index is 2.19. The van der Waals surface area contributed by atoms with Gasteiger partial charge >= 0.3 is 0 Å². The lowest BCUT2D eigenvalue weighted by Crippen LogP contribution is -2.05. The number of ether oxygens (including phenoxy) is 1. The molecule has 2 rings (SSSR count). The van der Waals surface area contributed by atoms with E-state index in [0.717, 1.165) is 15.0 Å². The van der Waals surface area contributed by atoms with Crippen molar-refractivity contribution in [3.63, 3.8) is 0 Å². The first-order valence-electron chi connectivity index (χ1n) is 5.12. The maximum absolute atomic E-state index is 5.58. The Kier molecular flexibility index (Phi) is 3.48. The number of hydrogen-bond acceptors (Lipinski definition) is 2. The van der Waals surface area contributed by atoms with Gasteiger partial charge < -0.3 is 4.74 Å². The van der Waals surface area contributed by atoms with Crippen LogP contribution in [0.15, 0.2) is 36.7 Å². The molecule has 0 unspecified atom stereocenters. The number of hydrogen-bond donors (Lipinski definition) is 0. The number of aromatic nitrogens is 2. The maximum atomic E-state index is 5.58. The summed E-state index contributed by atoms with van der Waals surface area (Å²) >= 11 is 2.24. The van der Waals surface area contributed by atoms with Gasteiger partial charge in [-0.25, -0.2) is 4.68 Å². The minimum absolute atomic E-state index is 0.205. The molecule has 0 radical (unpaired) electrons. The molecule has 2 aromatic rings. The van der Waals surface area contributed by atoms with Crippen molar-refractivity contribution >= 4 is 22.6 Å². The minimum atomic E-state index is 0.205. The van der Waals surface area contributed by atoms with E-state index in [9.17, 15) is 0 Å². The molecular weight excluding hydrogens is 315 g/mol. The molecule has 0 aliphatic heterocycles. The second-order valence-electron chi connectivity index (χ2n) is 3.76. The van der Waals surface area contributed by atoms with Crippen molar-refractivity contribution in [3.05, 3.63) is 40.2 Å². The number of rotatable bonds is 3. The fourth-order valence-electron chi connectivity index (χ4n) is 1.39. The molecule has 0 aliphatic carbocycles. The Labute approximate surface area is 109 Å². The van der Waals surface area contributed by atoms with Crippen LogP contribution in [0.3, 0.4) is 0 Å². The van der Waals surface area contributed by atoms with Crippen LogP contribution in [0.4, 0.5) is 0 Å². The Hall–Kier alpha value is -1.04. The van der Waals surface area contributed by atoms with Gasteiger partial charge in [-0.2, -0.15) is 5.10 Å². The van der Waals surface area contributed by atoms with Crippen molar-refractivity contribution in [1.29, 1.82) is 0 Å². The highest BCUT2D eigenvalue weighted by Crippen LogP contribution is 2.16. The van der Waals surface area contributed by atoms with Crippen molar-refractivity contribution in [2.45, 2.75) is 20.0 Å². The van der Waals surface area contributed by atoms with Crippen LogP contribution in [-0.4, -0.2) is 15.9 Å². The molecule has 0 amide bonds. The predicted octanol–water partition coefficient (Wildman–Crippen LogP) is 3.26. The van der Waals surface area contributed by atoms with E-state index in [1.165, 1.54) is 0 Å². The average molecular weight is 328 g/mol. The molecule has 0 bridgehead atoms. The molecular formula is C12H13IN2O. The van der Waals surface area contributed by atoms with E-state index in [1.807, 2.05) is 55.2 Å². The van der Waals surface area contributed by atoms with E-state index >= 15 is 0 Å². The number of halogens is 1. The van der Waals surface area contributed by atoms with Gasteiger partial charge in [0.2, 0.25) is 0 Å². The predicted molar refractivity (Wildman–Crippen MR) is 72.0 cm³/mol.